The molecule has 0 aliphatic carbocycles. The molecule has 0 spiro atoms. The zero-order chi connectivity index (χ0) is 18.1. The van der Waals surface area contributed by atoms with Gasteiger partial charge in [-0.3, -0.25) is 4.57 Å². The first-order valence-corrected chi connectivity index (χ1v) is 8.91. The summed E-state index contributed by atoms with van der Waals surface area (Å²) in [4.78, 5) is 4.31. The molecule has 10 heteroatoms. The highest BCUT2D eigenvalue weighted by atomic mass is 35.5. The van der Waals surface area contributed by atoms with E-state index in [1.54, 1.807) is 48.5 Å². The van der Waals surface area contributed by atoms with Gasteiger partial charge in [-0.1, -0.05) is 35.5 Å². The third-order valence-electron chi connectivity index (χ3n) is 3.71. The van der Waals surface area contributed by atoms with Crippen LogP contribution in [0, 0.1) is 0 Å². The van der Waals surface area contributed by atoms with Crippen LogP contribution in [0.2, 0.25) is 5.02 Å². The molecule has 0 fully saturated rings. The summed E-state index contributed by atoms with van der Waals surface area (Å²) < 4.78 is 29.4. The molecule has 2 aromatic heterocycles. The molecule has 0 bridgehead atoms. The number of para-hydroxylation sites is 2. The zero-order valence-electron chi connectivity index (χ0n) is 13.1. The van der Waals surface area contributed by atoms with Gasteiger partial charge in [-0.15, -0.1) is 5.10 Å². The van der Waals surface area contributed by atoms with Crippen LogP contribution in [0.15, 0.2) is 53.7 Å². The Bertz CT molecular complexity index is 1050. The second-order valence-electron chi connectivity index (χ2n) is 5.30. The summed E-state index contributed by atoms with van der Waals surface area (Å²) in [5.41, 5.74) is 1.65. The van der Waals surface area contributed by atoms with Crippen molar-refractivity contribution in [3.05, 3.63) is 59.4 Å². The van der Waals surface area contributed by atoms with Crippen LogP contribution in [0.3, 0.4) is 0 Å². The van der Waals surface area contributed by atoms with Crippen molar-refractivity contribution < 1.29 is 8.78 Å². The molecule has 4 aromatic rings. The molecule has 6 nitrogen and oxygen atoms in total. The Hall–Kier alpha value is -2.52. The summed E-state index contributed by atoms with van der Waals surface area (Å²) >= 11 is 7.12. The Morgan fingerprint density at radius 3 is 2.62 bits per heavy atom. The predicted octanol–water partition coefficient (Wildman–Crippen LogP) is 4.35. The summed E-state index contributed by atoms with van der Waals surface area (Å²) in [5, 5.41) is 12.6. The van der Waals surface area contributed by atoms with Crippen molar-refractivity contribution >= 4 is 34.4 Å². The largest absolute Gasteiger partial charge is 0.320 e. The first-order chi connectivity index (χ1) is 12.6. The lowest BCUT2D eigenvalue weighted by molar-refractivity contribution is 0.0722. The third kappa shape index (κ3) is 3.15. The maximum atomic E-state index is 13.5. The molecular formula is C16H11ClF2N6S. The van der Waals surface area contributed by atoms with E-state index in [0.29, 0.717) is 21.2 Å². The predicted molar refractivity (Wildman–Crippen MR) is 94.7 cm³/mol. The van der Waals surface area contributed by atoms with Crippen LogP contribution in [0.25, 0.3) is 16.7 Å². The molecule has 0 saturated heterocycles. The van der Waals surface area contributed by atoms with Crippen molar-refractivity contribution in [2.24, 2.45) is 0 Å². The average Bonchev–Trinajstić information content (AvgIpc) is 3.24. The van der Waals surface area contributed by atoms with Gasteiger partial charge in [0.15, 0.2) is 0 Å². The first kappa shape index (κ1) is 16.9. The fourth-order valence-corrected chi connectivity index (χ4v) is 3.50. The number of hydrogen-bond donors (Lipinski definition) is 0. The topological polar surface area (TPSA) is 61.4 Å². The lowest BCUT2D eigenvalue weighted by Gasteiger charge is -2.07. The van der Waals surface area contributed by atoms with E-state index >= 15 is 0 Å². The number of tetrazole rings is 1. The fourth-order valence-electron chi connectivity index (χ4n) is 2.56. The van der Waals surface area contributed by atoms with Crippen molar-refractivity contribution in [3.63, 3.8) is 0 Å². The van der Waals surface area contributed by atoms with Gasteiger partial charge in [0.25, 0.3) is 0 Å². The van der Waals surface area contributed by atoms with Crippen LogP contribution < -0.4 is 0 Å². The number of halogens is 3. The van der Waals surface area contributed by atoms with E-state index in [9.17, 15) is 8.78 Å². The van der Waals surface area contributed by atoms with Crippen LogP contribution in [0.4, 0.5) is 8.78 Å². The van der Waals surface area contributed by atoms with E-state index in [4.69, 9.17) is 11.6 Å². The maximum absolute atomic E-state index is 13.5. The lowest BCUT2D eigenvalue weighted by Crippen LogP contribution is -2.04. The van der Waals surface area contributed by atoms with Gasteiger partial charge >= 0.3 is 6.55 Å². The van der Waals surface area contributed by atoms with E-state index < -0.39 is 6.55 Å². The number of aromatic nitrogens is 6. The molecule has 0 atom stereocenters. The number of imidazole rings is 1. The summed E-state index contributed by atoms with van der Waals surface area (Å²) in [6.45, 7) is -2.68. The first-order valence-electron chi connectivity index (χ1n) is 7.54. The van der Waals surface area contributed by atoms with E-state index in [1.807, 2.05) is 0 Å². The number of fused-ring (bicyclic) bond motifs is 1. The molecule has 26 heavy (non-hydrogen) atoms. The summed E-state index contributed by atoms with van der Waals surface area (Å²) in [6.07, 6.45) is 0. The molecule has 132 valence electrons. The van der Waals surface area contributed by atoms with Crippen LogP contribution >= 0.6 is 23.4 Å². The average molecular weight is 393 g/mol. The minimum atomic E-state index is -2.68. The third-order valence-corrected chi connectivity index (χ3v) is 4.87. The number of hydrogen-bond acceptors (Lipinski definition) is 5. The van der Waals surface area contributed by atoms with Gasteiger partial charge < -0.3 is 0 Å². The Morgan fingerprint density at radius 1 is 1.08 bits per heavy atom. The van der Waals surface area contributed by atoms with E-state index in [0.717, 1.165) is 10.3 Å². The Balaban J connectivity index is 1.63. The van der Waals surface area contributed by atoms with E-state index in [2.05, 4.69) is 20.5 Å². The van der Waals surface area contributed by atoms with Gasteiger partial charge in [-0.2, -0.15) is 13.5 Å². The van der Waals surface area contributed by atoms with Crippen LogP contribution in [-0.4, -0.2) is 29.8 Å². The number of benzene rings is 2. The number of nitrogens with zero attached hydrogens (tertiary/aromatic N) is 6. The number of thioether (sulfide) groups is 1. The Morgan fingerprint density at radius 2 is 1.85 bits per heavy atom. The quantitative estimate of drug-likeness (QED) is 0.472. The molecule has 2 heterocycles. The molecule has 0 aliphatic rings. The maximum Gasteiger partial charge on any atom is 0.320 e. The second kappa shape index (κ2) is 7.00. The lowest BCUT2D eigenvalue weighted by atomic mass is 10.3. The minimum absolute atomic E-state index is 0.201. The van der Waals surface area contributed by atoms with Gasteiger partial charge in [0, 0.05) is 5.02 Å². The fraction of sp³-hybridized carbons (Fsp3) is 0.125. The molecule has 0 unspecified atom stereocenters. The van der Waals surface area contributed by atoms with Gasteiger partial charge in [-0.05, 0) is 46.8 Å². The molecule has 0 saturated carbocycles. The molecule has 0 aliphatic heterocycles. The molecule has 0 N–H and O–H groups in total. The SMILES string of the molecule is FC(F)n1c(CSc2nnnn2-c2ccc(Cl)cc2)nc2ccccc21. The van der Waals surface area contributed by atoms with Gasteiger partial charge in [0.2, 0.25) is 5.16 Å². The highest BCUT2D eigenvalue weighted by molar-refractivity contribution is 7.98. The van der Waals surface area contributed by atoms with E-state index in [1.165, 1.54) is 16.4 Å². The van der Waals surface area contributed by atoms with Gasteiger partial charge in [0.05, 0.1) is 22.5 Å². The molecule has 0 amide bonds. The minimum Gasteiger partial charge on any atom is -0.269 e. The summed E-state index contributed by atoms with van der Waals surface area (Å²) in [5.74, 6) is 0.462. The van der Waals surface area contributed by atoms with Crippen molar-refractivity contribution in [3.8, 4) is 5.69 Å². The van der Waals surface area contributed by atoms with Crippen LogP contribution in [-0.2, 0) is 5.75 Å². The molecule has 4 rings (SSSR count). The zero-order valence-corrected chi connectivity index (χ0v) is 14.7. The van der Waals surface area contributed by atoms with Gasteiger partial charge in [-0.25, -0.2) is 4.98 Å². The van der Waals surface area contributed by atoms with Crippen molar-refractivity contribution in [2.45, 2.75) is 17.5 Å². The van der Waals surface area contributed by atoms with Crippen LogP contribution in [0.1, 0.15) is 12.4 Å². The normalized spacial score (nSPS) is 11.5. The van der Waals surface area contributed by atoms with Crippen molar-refractivity contribution in [1.29, 1.82) is 0 Å². The summed E-state index contributed by atoms with van der Waals surface area (Å²) in [7, 11) is 0. The molecular weight excluding hydrogens is 382 g/mol. The Labute approximate surface area is 155 Å². The van der Waals surface area contributed by atoms with Crippen molar-refractivity contribution in [2.75, 3.05) is 0 Å². The number of alkyl halides is 2. The second-order valence-corrected chi connectivity index (χ2v) is 6.68. The van der Waals surface area contributed by atoms with Gasteiger partial charge in [0.1, 0.15) is 5.82 Å². The van der Waals surface area contributed by atoms with Crippen molar-refractivity contribution in [1.82, 2.24) is 29.8 Å². The highest BCUT2D eigenvalue weighted by Gasteiger charge is 2.19. The highest BCUT2D eigenvalue weighted by Crippen LogP contribution is 2.28. The standard InChI is InChI=1S/C16H11ClF2N6S/c17-10-5-7-11(8-6-10)25-16(21-22-23-25)26-9-14-20-12-3-1-2-4-13(12)24(14)15(18)19/h1-8,15H,9H2. The smallest absolute Gasteiger partial charge is 0.269 e. The monoisotopic (exact) mass is 392 g/mol. The van der Waals surface area contributed by atoms with E-state index in [-0.39, 0.29) is 11.6 Å². The number of rotatable bonds is 5. The molecule has 0 radical (unpaired) electrons. The summed E-state index contributed by atoms with van der Waals surface area (Å²) in [6, 6.07) is 13.8. The Kier molecular flexibility index (Phi) is 4.56. The van der Waals surface area contributed by atoms with Crippen LogP contribution in [0.5, 0.6) is 0 Å². The molecule has 2 aromatic carbocycles.